The summed E-state index contributed by atoms with van der Waals surface area (Å²) >= 11 is 0. The van der Waals surface area contributed by atoms with Crippen LogP contribution in [0.25, 0.3) is 0 Å². The molecule has 0 aliphatic heterocycles. The van der Waals surface area contributed by atoms with E-state index < -0.39 is 0 Å². The van der Waals surface area contributed by atoms with E-state index in [4.69, 9.17) is 5.73 Å². The van der Waals surface area contributed by atoms with Crippen LogP contribution in [0.4, 0.5) is 5.69 Å². The maximum absolute atomic E-state index is 12.1. The zero-order chi connectivity index (χ0) is 12.1. The first-order chi connectivity index (χ1) is 7.57. The number of nitrogens with two attached hydrogens (primary N) is 1. The molecule has 1 unspecified atom stereocenters. The molecule has 88 valence electrons. The highest BCUT2D eigenvalue weighted by molar-refractivity contribution is 5.98. The van der Waals surface area contributed by atoms with Crippen LogP contribution in [0.2, 0.25) is 0 Å². The first-order valence-electron chi connectivity index (χ1n) is 5.54. The Morgan fingerprint density at radius 1 is 1.62 bits per heavy atom. The topological polar surface area (TPSA) is 59.2 Å². The van der Waals surface area contributed by atoms with Crippen molar-refractivity contribution in [1.29, 1.82) is 0 Å². The lowest BCUT2D eigenvalue weighted by Crippen LogP contribution is -2.35. The van der Waals surface area contributed by atoms with E-state index in [0.717, 1.165) is 12.8 Å². The number of nitrogens with zero attached hydrogens (tertiary/aromatic N) is 2. The smallest absolute Gasteiger partial charge is 0.256 e. The van der Waals surface area contributed by atoms with Crippen molar-refractivity contribution >= 4 is 11.6 Å². The molecule has 1 heterocycles. The fourth-order valence-corrected chi connectivity index (χ4v) is 1.60. The predicted molar refractivity (Wildman–Crippen MR) is 65.1 cm³/mol. The summed E-state index contributed by atoms with van der Waals surface area (Å²) in [5.41, 5.74) is 6.68. The summed E-state index contributed by atoms with van der Waals surface area (Å²) in [6.45, 7) is 4.15. The number of amides is 1. The first kappa shape index (κ1) is 12.5. The molecule has 0 spiro atoms. The van der Waals surface area contributed by atoms with Gasteiger partial charge in [0.25, 0.3) is 5.91 Å². The second-order valence-electron chi connectivity index (χ2n) is 4.02. The summed E-state index contributed by atoms with van der Waals surface area (Å²) < 4.78 is 0. The number of anilines is 1. The molecule has 0 aromatic carbocycles. The van der Waals surface area contributed by atoms with Crippen molar-refractivity contribution in [1.82, 2.24) is 9.88 Å². The van der Waals surface area contributed by atoms with E-state index in [1.54, 1.807) is 17.2 Å². The number of rotatable bonds is 4. The highest BCUT2D eigenvalue weighted by atomic mass is 16.2. The maximum Gasteiger partial charge on any atom is 0.256 e. The van der Waals surface area contributed by atoms with Gasteiger partial charge in [-0.05, 0) is 19.4 Å². The van der Waals surface area contributed by atoms with Crippen LogP contribution in [0.15, 0.2) is 18.5 Å². The second kappa shape index (κ2) is 5.49. The number of pyridine rings is 1. The van der Waals surface area contributed by atoms with Gasteiger partial charge in [-0.25, -0.2) is 0 Å². The first-order valence-corrected chi connectivity index (χ1v) is 5.54. The Morgan fingerprint density at radius 2 is 2.31 bits per heavy atom. The van der Waals surface area contributed by atoms with Crippen LogP contribution in [-0.2, 0) is 0 Å². The molecule has 4 nitrogen and oxygen atoms in total. The van der Waals surface area contributed by atoms with Crippen molar-refractivity contribution in [3.63, 3.8) is 0 Å². The number of carbonyl (C=O) groups is 1. The number of nitrogen functional groups attached to an aromatic ring is 1. The van der Waals surface area contributed by atoms with E-state index >= 15 is 0 Å². The van der Waals surface area contributed by atoms with E-state index in [-0.39, 0.29) is 11.9 Å². The van der Waals surface area contributed by atoms with E-state index in [9.17, 15) is 4.79 Å². The van der Waals surface area contributed by atoms with Crippen LogP contribution in [0.3, 0.4) is 0 Å². The fraction of sp³-hybridized carbons (Fsp3) is 0.500. The molecular formula is C12H19N3O. The van der Waals surface area contributed by atoms with Gasteiger partial charge < -0.3 is 10.6 Å². The molecule has 0 aliphatic rings. The van der Waals surface area contributed by atoms with E-state index in [2.05, 4.69) is 11.9 Å². The van der Waals surface area contributed by atoms with Gasteiger partial charge in [0.2, 0.25) is 0 Å². The lowest BCUT2D eigenvalue weighted by atomic mass is 10.1. The Balaban J connectivity index is 2.82. The summed E-state index contributed by atoms with van der Waals surface area (Å²) in [7, 11) is 1.81. The van der Waals surface area contributed by atoms with E-state index in [1.807, 2.05) is 14.0 Å². The Morgan fingerprint density at radius 3 is 2.88 bits per heavy atom. The van der Waals surface area contributed by atoms with Crippen molar-refractivity contribution < 1.29 is 4.79 Å². The summed E-state index contributed by atoms with van der Waals surface area (Å²) in [5, 5.41) is 0. The third-order valence-corrected chi connectivity index (χ3v) is 2.77. The minimum Gasteiger partial charge on any atom is -0.397 e. The summed E-state index contributed by atoms with van der Waals surface area (Å²) in [4.78, 5) is 17.7. The monoisotopic (exact) mass is 221 g/mol. The summed E-state index contributed by atoms with van der Waals surface area (Å²) in [6, 6.07) is 1.89. The molecule has 0 radical (unpaired) electrons. The minimum atomic E-state index is -0.0409. The minimum absolute atomic E-state index is 0.0409. The van der Waals surface area contributed by atoms with Crippen LogP contribution in [0.1, 0.15) is 37.0 Å². The van der Waals surface area contributed by atoms with Crippen molar-refractivity contribution in [2.24, 2.45) is 0 Å². The molecule has 0 bridgehead atoms. The molecule has 0 saturated carbocycles. The highest BCUT2D eigenvalue weighted by Gasteiger charge is 2.18. The van der Waals surface area contributed by atoms with Gasteiger partial charge in [0.05, 0.1) is 17.4 Å². The molecule has 0 aliphatic carbocycles. The van der Waals surface area contributed by atoms with Crippen LogP contribution in [0, 0.1) is 0 Å². The molecular weight excluding hydrogens is 202 g/mol. The zero-order valence-electron chi connectivity index (χ0n) is 10.1. The number of carbonyl (C=O) groups excluding carboxylic acids is 1. The molecule has 1 rings (SSSR count). The molecule has 4 heteroatoms. The summed E-state index contributed by atoms with van der Waals surface area (Å²) in [6.07, 6.45) is 5.14. The fourth-order valence-electron chi connectivity index (χ4n) is 1.60. The zero-order valence-corrected chi connectivity index (χ0v) is 10.1. The third kappa shape index (κ3) is 2.72. The van der Waals surface area contributed by atoms with Gasteiger partial charge in [-0.15, -0.1) is 0 Å². The van der Waals surface area contributed by atoms with Gasteiger partial charge in [-0.1, -0.05) is 13.3 Å². The van der Waals surface area contributed by atoms with Crippen LogP contribution in [-0.4, -0.2) is 28.9 Å². The van der Waals surface area contributed by atoms with Crippen LogP contribution >= 0.6 is 0 Å². The average molecular weight is 221 g/mol. The molecule has 1 aromatic heterocycles. The number of hydrogen-bond donors (Lipinski definition) is 1. The Kier molecular flexibility index (Phi) is 4.28. The van der Waals surface area contributed by atoms with Gasteiger partial charge in [0.15, 0.2) is 0 Å². The number of aromatic nitrogens is 1. The quantitative estimate of drug-likeness (QED) is 0.845. The number of hydrogen-bond acceptors (Lipinski definition) is 3. The van der Waals surface area contributed by atoms with Gasteiger partial charge in [-0.3, -0.25) is 9.78 Å². The van der Waals surface area contributed by atoms with E-state index in [0.29, 0.717) is 11.3 Å². The second-order valence-corrected chi connectivity index (χ2v) is 4.02. The average Bonchev–Trinajstić information content (AvgIpc) is 2.28. The maximum atomic E-state index is 12.1. The van der Waals surface area contributed by atoms with Gasteiger partial charge in [0, 0.05) is 19.3 Å². The Bertz CT molecular complexity index is 365. The predicted octanol–water partition coefficient (Wildman–Crippen LogP) is 1.92. The van der Waals surface area contributed by atoms with Crippen molar-refractivity contribution in [3.8, 4) is 0 Å². The molecule has 1 aromatic rings. The summed E-state index contributed by atoms with van der Waals surface area (Å²) in [5.74, 6) is -0.0409. The Hall–Kier alpha value is -1.58. The molecule has 1 atom stereocenters. The van der Waals surface area contributed by atoms with Crippen molar-refractivity contribution in [2.75, 3.05) is 12.8 Å². The lowest BCUT2D eigenvalue weighted by molar-refractivity contribution is 0.0737. The molecule has 16 heavy (non-hydrogen) atoms. The van der Waals surface area contributed by atoms with Gasteiger partial charge in [0.1, 0.15) is 0 Å². The molecule has 0 saturated heterocycles. The molecule has 0 fully saturated rings. The van der Waals surface area contributed by atoms with Gasteiger partial charge in [-0.2, -0.15) is 0 Å². The van der Waals surface area contributed by atoms with Crippen LogP contribution < -0.4 is 5.73 Å². The SMILES string of the molecule is CCCC(C)N(C)C(=O)c1ccncc1N. The lowest BCUT2D eigenvalue weighted by Gasteiger charge is -2.25. The molecule has 2 N–H and O–H groups in total. The third-order valence-electron chi connectivity index (χ3n) is 2.77. The molecule has 1 amide bonds. The standard InChI is InChI=1S/C12H19N3O/c1-4-5-9(2)15(3)12(16)10-6-7-14-8-11(10)13/h6-9H,4-5,13H2,1-3H3. The Labute approximate surface area is 96.5 Å². The van der Waals surface area contributed by atoms with Crippen LogP contribution in [0.5, 0.6) is 0 Å². The van der Waals surface area contributed by atoms with E-state index in [1.165, 1.54) is 6.20 Å². The van der Waals surface area contributed by atoms with Crippen molar-refractivity contribution in [3.05, 3.63) is 24.0 Å². The van der Waals surface area contributed by atoms with Gasteiger partial charge >= 0.3 is 0 Å². The highest BCUT2D eigenvalue weighted by Crippen LogP contribution is 2.14. The van der Waals surface area contributed by atoms with Crippen molar-refractivity contribution in [2.45, 2.75) is 32.7 Å². The normalized spacial score (nSPS) is 12.2. The largest absolute Gasteiger partial charge is 0.397 e.